The molecule has 0 saturated carbocycles. The number of hydrogen-bond donors (Lipinski definition) is 0. The topological polar surface area (TPSA) is 0 Å². The summed E-state index contributed by atoms with van der Waals surface area (Å²) in [4.78, 5) is 0. The van der Waals surface area contributed by atoms with Gasteiger partial charge in [-0.2, -0.15) is 0 Å². The molecule has 0 amide bonds. The molecule has 0 spiro atoms. The normalized spacial score (nSPS) is 11.9. The first-order chi connectivity index (χ1) is 9.06. The summed E-state index contributed by atoms with van der Waals surface area (Å²) in [5.41, 5.74) is 2.62. The number of halogens is 2. The maximum Gasteiger partial charge on any atom is 0.123 e. The summed E-state index contributed by atoms with van der Waals surface area (Å²) >= 11 is 0. The molecule has 0 bridgehead atoms. The molecule has 2 aromatic carbocycles. The molecule has 19 heavy (non-hydrogen) atoms. The van der Waals surface area contributed by atoms with E-state index in [-0.39, 0.29) is 11.6 Å². The van der Waals surface area contributed by atoms with Crippen molar-refractivity contribution < 1.29 is 8.78 Å². The van der Waals surface area contributed by atoms with Gasteiger partial charge in [-0.05, 0) is 46.9 Å². The Morgan fingerprint density at radius 3 is 2.16 bits per heavy atom. The highest BCUT2D eigenvalue weighted by atomic mass is 19.1. The highest BCUT2D eigenvalue weighted by Crippen LogP contribution is 2.25. The Bertz CT molecular complexity index is 580. The van der Waals surface area contributed by atoms with Gasteiger partial charge in [-0.25, -0.2) is 8.78 Å². The average Bonchev–Trinajstić information content (AvgIpc) is 2.37. The van der Waals surface area contributed by atoms with E-state index in [0.717, 1.165) is 16.7 Å². The molecule has 98 valence electrons. The van der Waals surface area contributed by atoms with Crippen molar-refractivity contribution in [3.8, 4) is 0 Å². The lowest BCUT2D eigenvalue weighted by molar-refractivity contribution is 0.626. The highest BCUT2D eigenvalue weighted by Gasteiger charge is 2.07. The van der Waals surface area contributed by atoms with Crippen LogP contribution in [0, 0.1) is 17.6 Å². The van der Waals surface area contributed by atoms with E-state index in [1.54, 1.807) is 18.2 Å². The minimum absolute atomic E-state index is 0.269. The summed E-state index contributed by atoms with van der Waals surface area (Å²) in [6.45, 7) is 4.12. The van der Waals surface area contributed by atoms with Gasteiger partial charge in [0, 0.05) is 0 Å². The maximum atomic E-state index is 13.4. The number of allylic oxidation sites excluding steroid dienone is 1. The minimum Gasteiger partial charge on any atom is -0.207 e. The Morgan fingerprint density at radius 2 is 1.58 bits per heavy atom. The van der Waals surface area contributed by atoms with E-state index in [1.807, 2.05) is 6.07 Å². The van der Waals surface area contributed by atoms with Crippen LogP contribution in [0.25, 0.3) is 5.57 Å². The predicted molar refractivity (Wildman–Crippen MR) is 74.7 cm³/mol. The SMILES string of the molecule is CC(C)C=C(c1ccc(F)cc1)c1cccc(F)c1. The van der Waals surface area contributed by atoms with Crippen LogP contribution in [0.4, 0.5) is 8.78 Å². The predicted octanol–water partition coefficient (Wildman–Crippen LogP) is 5.05. The molecule has 0 fully saturated rings. The third kappa shape index (κ3) is 3.50. The molecule has 0 aliphatic rings. The van der Waals surface area contributed by atoms with Crippen LogP contribution >= 0.6 is 0 Å². The van der Waals surface area contributed by atoms with Gasteiger partial charge in [-0.3, -0.25) is 0 Å². The van der Waals surface area contributed by atoms with Crippen molar-refractivity contribution >= 4 is 5.57 Å². The molecule has 0 saturated heterocycles. The molecular weight excluding hydrogens is 242 g/mol. The van der Waals surface area contributed by atoms with Crippen LogP contribution in [0.3, 0.4) is 0 Å². The molecule has 0 heterocycles. The van der Waals surface area contributed by atoms with Crippen molar-refractivity contribution in [1.82, 2.24) is 0 Å². The van der Waals surface area contributed by atoms with Gasteiger partial charge in [-0.1, -0.05) is 44.2 Å². The fourth-order valence-corrected chi connectivity index (χ4v) is 1.98. The summed E-state index contributed by atoms with van der Waals surface area (Å²) in [6, 6.07) is 12.7. The van der Waals surface area contributed by atoms with Crippen molar-refractivity contribution in [3.63, 3.8) is 0 Å². The highest BCUT2D eigenvalue weighted by molar-refractivity contribution is 5.79. The summed E-state index contributed by atoms with van der Waals surface area (Å²) in [5, 5.41) is 0. The fourth-order valence-electron chi connectivity index (χ4n) is 1.98. The Hall–Kier alpha value is -1.96. The van der Waals surface area contributed by atoms with E-state index in [2.05, 4.69) is 19.9 Å². The molecule has 0 aromatic heterocycles. The van der Waals surface area contributed by atoms with Crippen LogP contribution in [0.2, 0.25) is 0 Å². The molecule has 0 unspecified atom stereocenters. The minimum atomic E-state index is -0.271. The number of hydrogen-bond acceptors (Lipinski definition) is 0. The van der Waals surface area contributed by atoms with Gasteiger partial charge in [-0.15, -0.1) is 0 Å². The monoisotopic (exact) mass is 258 g/mol. The molecule has 0 nitrogen and oxygen atoms in total. The molecule has 2 rings (SSSR count). The van der Waals surface area contributed by atoms with Crippen LogP contribution in [0.5, 0.6) is 0 Å². The Labute approximate surface area is 112 Å². The molecular formula is C17H16F2. The Kier molecular flexibility index (Phi) is 4.10. The van der Waals surface area contributed by atoms with Crippen LogP contribution in [0.15, 0.2) is 54.6 Å². The third-order valence-corrected chi connectivity index (χ3v) is 2.79. The van der Waals surface area contributed by atoms with E-state index in [4.69, 9.17) is 0 Å². The zero-order valence-corrected chi connectivity index (χ0v) is 11.0. The van der Waals surface area contributed by atoms with Gasteiger partial charge in [0.2, 0.25) is 0 Å². The van der Waals surface area contributed by atoms with E-state index in [0.29, 0.717) is 5.92 Å². The van der Waals surface area contributed by atoms with Gasteiger partial charge in [0.05, 0.1) is 0 Å². The lowest BCUT2D eigenvalue weighted by Crippen LogP contribution is -1.92. The van der Waals surface area contributed by atoms with Crippen LogP contribution in [0.1, 0.15) is 25.0 Å². The molecule has 0 aliphatic carbocycles. The van der Waals surface area contributed by atoms with Crippen molar-refractivity contribution in [2.45, 2.75) is 13.8 Å². The Balaban J connectivity index is 2.51. The Morgan fingerprint density at radius 1 is 0.895 bits per heavy atom. The molecule has 0 N–H and O–H groups in total. The smallest absolute Gasteiger partial charge is 0.123 e. The fraction of sp³-hybridized carbons (Fsp3) is 0.176. The van der Waals surface area contributed by atoms with E-state index in [9.17, 15) is 8.78 Å². The zero-order chi connectivity index (χ0) is 13.8. The van der Waals surface area contributed by atoms with Gasteiger partial charge in [0.1, 0.15) is 11.6 Å². The second kappa shape index (κ2) is 5.79. The van der Waals surface area contributed by atoms with Crippen molar-refractivity contribution in [2.75, 3.05) is 0 Å². The number of benzene rings is 2. The van der Waals surface area contributed by atoms with E-state index < -0.39 is 0 Å². The van der Waals surface area contributed by atoms with Crippen LogP contribution in [-0.2, 0) is 0 Å². The van der Waals surface area contributed by atoms with Gasteiger partial charge < -0.3 is 0 Å². The van der Waals surface area contributed by atoms with Crippen LogP contribution < -0.4 is 0 Å². The molecule has 0 aliphatic heterocycles. The third-order valence-electron chi connectivity index (χ3n) is 2.79. The van der Waals surface area contributed by atoms with Crippen molar-refractivity contribution in [2.24, 2.45) is 5.92 Å². The molecule has 0 atom stereocenters. The summed E-state index contributed by atoms with van der Waals surface area (Å²) in [7, 11) is 0. The first kappa shape index (κ1) is 13.5. The molecule has 2 aromatic rings. The zero-order valence-electron chi connectivity index (χ0n) is 11.0. The van der Waals surface area contributed by atoms with Gasteiger partial charge in [0.25, 0.3) is 0 Å². The largest absolute Gasteiger partial charge is 0.207 e. The van der Waals surface area contributed by atoms with Gasteiger partial charge in [0.15, 0.2) is 0 Å². The lowest BCUT2D eigenvalue weighted by Gasteiger charge is -2.10. The van der Waals surface area contributed by atoms with Gasteiger partial charge >= 0.3 is 0 Å². The lowest BCUT2D eigenvalue weighted by atomic mass is 9.95. The van der Waals surface area contributed by atoms with Crippen LogP contribution in [-0.4, -0.2) is 0 Å². The summed E-state index contributed by atoms with van der Waals surface area (Å²) in [5.74, 6) is -0.218. The second-order valence-electron chi connectivity index (χ2n) is 4.84. The van der Waals surface area contributed by atoms with E-state index >= 15 is 0 Å². The van der Waals surface area contributed by atoms with Crippen molar-refractivity contribution in [1.29, 1.82) is 0 Å². The number of rotatable bonds is 3. The van der Waals surface area contributed by atoms with Crippen molar-refractivity contribution in [3.05, 3.63) is 77.4 Å². The quantitative estimate of drug-likeness (QED) is 0.722. The van der Waals surface area contributed by atoms with E-state index in [1.165, 1.54) is 24.3 Å². The molecule has 0 radical (unpaired) electrons. The first-order valence-corrected chi connectivity index (χ1v) is 6.30. The second-order valence-corrected chi connectivity index (χ2v) is 4.84. The maximum absolute atomic E-state index is 13.4. The standard InChI is InChI=1S/C17H16F2/c1-12(2)10-17(13-6-8-15(18)9-7-13)14-4-3-5-16(19)11-14/h3-12H,1-2H3. The average molecular weight is 258 g/mol. The summed E-state index contributed by atoms with van der Waals surface area (Å²) < 4.78 is 26.4. The summed E-state index contributed by atoms with van der Waals surface area (Å²) in [6.07, 6.45) is 2.06. The first-order valence-electron chi connectivity index (χ1n) is 6.30. The molecule has 2 heteroatoms.